The molecule has 1 aromatic carbocycles. The molecule has 0 unspecified atom stereocenters. The van der Waals surface area contributed by atoms with Gasteiger partial charge < -0.3 is 15.8 Å². The monoisotopic (exact) mass is 346 g/mol. The smallest absolute Gasteiger partial charge is 0.224 e. The van der Waals surface area contributed by atoms with Crippen molar-refractivity contribution >= 4 is 11.6 Å². The number of unbranched alkanes of at least 4 members (excludes halogenated alkanes) is 1. The first-order valence-corrected chi connectivity index (χ1v) is 9.98. The molecule has 4 nitrogen and oxygen atoms in total. The summed E-state index contributed by atoms with van der Waals surface area (Å²) < 4.78 is 5.74. The lowest BCUT2D eigenvalue weighted by molar-refractivity contribution is -0.116. The summed E-state index contributed by atoms with van der Waals surface area (Å²) in [7, 11) is 0. The van der Waals surface area contributed by atoms with Crippen molar-refractivity contribution in [1.82, 2.24) is 0 Å². The Balaban J connectivity index is 1.88. The van der Waals surface area contributed by atoms with Crippen LogP contribution in [0.1, 0.15) is 70.3 Å². The molecule has 0 heterocycles. The number of rotatable bonds is 10. The Labute approximate surface area is 152 Å². The zero-order chi connectivity index (χ0) is 17.9. The van der Waals surface area contributed by atoms with E-state index < -0.39 is 0 Å². The van der Waals surface area contributed by atoms with E-state index in [1.807, 2.05) is 13.0 Å². The zero-order valence-corrected chi connectivity index (χ0v) is 15.7. The predicted octanol–water partition coefficient (Wildman–Crippen LogP) is 4.67. The Kier molecular flexibility index (Phi) is 8.81. The van der Waals surface area contributed by atoms with Gasteiger partial charge in [-0.25, -0.2) is 0 Å². The standard InChI is InChI=1S/C21H34N2O2/c1-2-25-20-16-18(10-6-7-15-22)11-13-19(20)23-21(24)14-12-17-8-4-3-5-9-17/h11,13,16-17H,2-10,12,14-15,22H2,1H3,(H,23,24). The maximum atomic E-state index is 12.3. The average Bonchev–Trinajstić information content (AvgIpc) is 2.63. The molecule has 140 valence electrons. The second-order valence-corrected chi connectivity index (χ2v) is 7.10. The van der Waals surface area contributed by atoms with Crippen molar-refractivity contribution in [2.24, 2.45) is 11.7 Å². The van der Waals surface area contributed by atoms with Gasteiger partial charge in [-0.05, 0) is 62.8 Å². The predicted molar refractivity (Wildman–Crippen MR) is 104 cm³/mol. The number of amides is 1. The van der Waals surface area contributed by atoms with E-state index in [1.165, 1.54) is 37.7 Å². The van der Waals surface area contributed by atoms with Crippen LogP contribution in [0.25, 0.3) is 0 Å². The van der Waals surface area contributed by atoms with Crippen molar-refractivity contribution in [1.29, 1.82) is 0 Å². The van der Waals surface area contributed by atoms with Crippen LogP contribution < -0.4 is 15.8 Å². The van der Waals surface area contributed by atoms with Crippen LogP contribution in [0.4, 0.5) is 5.69 Å². The Hall–Kier alpha value is -1.55. The van der Waals surface area contributed by atoms with Gasteiger partial charge in [0.1, 0.15) is 5.75 Å². The molecule has 0 radical (unpaired) electrons. The molecule has 4 heteroatoms. The van der Waals surface area contributed by atoms with Crippen LogP contribution in [-0.4, -0.2) is 19.1 Å². The van der Waals surface area contributed by atoms with Crippen molar-refractivity contribution in [3.05, 3.63) is 23.8 Å². The Morgan fingerprint density at radius 2 is 2.04 bits per heavy atom. The molecule has 0 bridgehead atoms. The van der Waals surface area contributed by atoms with Gasteiger partial charge in [-0.1, -0.05) is 38.2 Å². The molecule has 0 saturated heterocycles. The quantitative estimate of drug-likeness (QED) is 0.605. The molecule has 2 rings (SSSR count). The highest BCUT2D eigenvalue weighted by molar-refractivity contribution is 5.92. The first kappa shape index (κ1) is 19.8. The van der Waals surface area contributed by atoms with E-state index in [9.17, 15) is 4.79 Å². The summed E-state index contributed by atoms with van der Waals surface area (Å²) in [6, 6.07) is 6.10. The van der Waals surface area contributed by atoms with E-state index in [1.54, 1.807) is 0 Å². The normalized spacial score (nSPS) is 15.1. The number of hydrogen-bond acceptors (Lipinski definition) is 3. The van der Waals surface area contributed by atoms with Gasteiger partial charge in [0.15, 0.2) is 0 Å². The molecule has 1 aromatic rings. The van der Waals surface area contributed by atoms with Crippen LogP contribution in [-0.2, 0) is 11.2 Å². The second kappa shape index (κ2) is 11.1. The van der Waals surface area contributed by atoms with E-state index in [0.717, 1.165) is 49.6 Å². The SMILES string of the molecule is CCOc1cc(CCCCN)ccc1NC(=O)CCC1CCCCC1. The highest BCUT2D eigenvalue weighted by Gasteiger charge is 2.15. The Morgan fingerprint density at radius 3 is 2.76 bits per heavy atom. The second-order valence-electron chi connectivity index (χ2n) is 7.10. The maximum absolute atomic E-state index is 12.3. The van der Waals surface area contributed by atoms with E-state index in [2.05, 4.69) is 17.4 Å². The summed E-state index contributed by atoms with van der Waals surface area (Å²) in [5.41, 5.74) is 7.58. The third-order valence-electron chi connectivity index (χ3n) is 5.04. The van der Waals surface area contributed by atoms with Gasteiger partial charge in [0.2, 0.25) is 5.91 Å². The fraction of sp³-hybridized carbons (Fsp3) is 0.667. The molecule has 1 amide bonds. The molecule has 1 aliphatic rings. The minimum Gasteiger partial charge on any atom is -0.492 e. The maximum Gasteiger partial charge on any atom is 0.224 e. The molecule has 1 saturated carbocycles. The van der Waals surface area contributed by atoms with Gasteiger partial charge in [-0.2, -0.15) is 0 Å². The van der Waals surface area contributed by atoms with Crippen molar-refractivity contribution in [3.63, 3.8) is 0 Å². The van der Waals surface area contributed by atoms with Gasteiger partial charge in [0.05, 0.1) is 12.3 Å². The van der Waals surface area contributed by atoms with Crippen LogP contribution in [0.5, 0.6) is 5.75 Å². The van der Waals surface area contributed by atoms with Crippen molar-refractivity contribution in [2.45, 2.75) is 71.1 Å². The van der Waals surface area contributed by atoms with Crippen LogP contribution in [0, 0.1) is 5.92 Å². The molecular formula is C21H34N2O2. The third-order valence-corrected chi connectivity index (χ3v) is 5.04. The van der Waals surface area contributed by atoms with Crippen molar-refractivity contribution < 1.29 is 9.53 Å². The van der Waals surface area contributed by atoms with E-state index in [0.29, 0.717) is 13.0 Å². The van der Waals surface area contributed by atoms with Gasteiger partial charge in [0.25, 0.3) is 0 Å². The molecule has 1 fully saturated rings. The third kappa shape index (κ3) is 7.07. The number of aryl methyl sites for hydroxylation is 1. The van der Waals surface area contributed by atoms with Crippen LogP contribution in [0.2, 0.25) is 0 Å². The van der Waals surface area contributed by atoms with E-state index in [4.69, 9.17) is 10.5 Å². The lowest BCUT2D eigenvalue weighted by Gasteiger charge is -2.21. The number of hydrogen-bond donors (Lipinski definition) is 2. The first-order valence-electron chi connectivity index (χ1n) is 9.98. The molecule has 0 atom stereocenters. The number of anilines is 1. The number of carbonyl (C=O) groups excluding carboxylic acids is 1. The fourth-order valence-corrected chi connectivity index (χ4v) is 3.60. The number of nitrogens with one attached hydrogen (secondary N) is 1. The summed E-state index contributed by atoms with van der Waals surface area (Å²) >= 11 is 0. The van der Waals surface area contributed by atoms with Gasteiger partial charge in [-0.15, -0.1) is 0 Å². The molecular weight excluding hydrogens is 312 g/mol. The van der Waals surface area contributed by atoms with Gasteiger partial charge in [-0.3, -0.25) is 4.79 Å². The fourth-order valence-electron chi connectivity index (χ4n) is 3.60. The molecule has 0 spiro atoms. The average molecular weight is 347 g/mol. The van der Waals surface area contributed by atoms with E-state index >= 15 is 0 Å². The van der Waals surface area contributed by atoms with Gasteiger partial charge in [0, 0.05) is 6.42 Å². The molecule has 25 heavy (non-hydrogen) atoms. The topological polar surface area (TPSA) is 64.3 Å². The van der Waals surface area contributed by atoms with Gasteiger partial charge >= 0.3 is 0 Å². The lowest BCUT2D eigenvalue weighted by Crippen LogP contribution is -2.15. The zero-order valence-electron chi connectivity index (χ0n) is 15.7. The first-order chi connectivity index (χ1) is 12.2. The number of ether oxygens (including phenoxy) is 1. The lowest BCUT2D eigenvalue weighted by atomic mass is 9.86. The summed E-state index contributed by atoms with van der Waals surface area (Å²) in [6.07, 6.45) is 11.3. The Morgan fingerprint density at radius 1 is 1.24 bits per heavy atom. The minimum absolute atomic E-state index is 0.0995. The molecule has 1 aliphatic carbocycles. The highest BCUT2D eigenvalue weighted by Crippen LogP contribution is 2.29. The Bertz CT molecular complexity index is 525. The number of carbonyl (C=O) groups is 1. The van der Waals surface area contributed by atoms with Crippen LogP contribution >= 0.6 is 0 Å². The molecule has 0 aliphatic heterocycles. The van der Waals surface area contributed by atoms with E-state index in [-0.39, 0.29) is 5.91 Å². The summed E-state index contributed by atoms with van der Waals surface area (Å²) in [5, 5.41) is 3.05. The highest BCUT2D eigenvalue weighted by atomic mass is 16.5. The molecule has 0 aromatic heterocycles. The summed E-state index contributed by atoms with van der Waals surface area (Å²) in [4.78, 5) is 12.3. The number of benzene rings is 1. The summed E-state index contributed by atoms with van der Waals surface area (Å²) in [6.45, 7) is 3.29. The minimum atomic E-state index is 0.0995. The summed E-state index contributed by atoms with van der Waals surface area (Å²) in [5.74, 6) is 1.61. The molecule has 3 N–H and O–H groups in total. The largest absolute Gasteiger partial charge is 0.492 e. The van der Waals surface area contributed by atoms with Crippen molar-refractivity contribution in [2.75, 3.05) is 18.5 Å². The van der Waals surface area contributed by atoms with Crippen LogP contribution in [0.3, 0.4) is 0 Å². The van der Waals surface area contributed by atoms with Crippen molar-refractivity contribution in [3.8, 4) is 5.75 Å². The number of nitrogens with two attached hydrogens (primary N) is 1. The van der Waals surface area contributed by atoms with Crippen LogP contribution in [0.15, 0.2) is 18.2 Å².